The smallest absolute Gasteiger partial charge is 0.338 e. The number of carbonyl (C=O) groups excluding carboxylic acids is 2. The number of hydrogen-bond acceptors (Lipinski definition) is 8. The minimum Gasteiger partial charge on any atom is -0.497 e. The molecule has 1 N–H and O–H groups in total. The van der Waals surface area contributed by atoms with Crippen LogP contribution < -0.4 is 14.8 Å². The van der Waals surface area contributed by atoms with Gasteiger partial charge in [-0.2, -0.15) is 0 Å². The molecule has 166 valence electrons. The Hall–Kier alpha value is -3.59. The molecule has 0 atom stereocenters. The highest BCUT2D eigenvalue weighted by Crippen LogP contribution is 2.32. The number of ether oxygens (including phenoxy) is 3. The highest BCUT2D eigenvalue weighted by Gasteiger charge is 2.11. The number of esters is 1. The van der Waals surface area contributed by atoms with E-state index in [9.17, 15) is 9.59 Å². The predicted octanol–water partition coefficient (Wildman–Crippen LogP) is 4.07. The number of carbonyl (C=O) groups is 2. The van der Waals surface area contributed by atoms with E-state index in [1.165, 1.54) is 11.8 Å². The fourth-order valence-corrected chi connectivity index (χ4v) is 3.41. The lowest BCUT2D eigenvalue weighted by Crippen LogP contribution is -2.14. The number of thioether (sulfide) groups is 1. The fraction of sp³-hybridized carbons (Fsp3) is 0.217. The molecule has 0 saturated carbocycles. The van der Waals surface area contributed by atoms with Crippen molar-refractivity contribution in [1.29, 1.82) is 0 Å². The standard InChI is InChI=1S/C23H23N3O5S/c1-4-31-23(28)15-5-7-16(8-6-15)24-21(27)14-32-22-12-10-19(25-26-22)18-13-17(29-2)9-11-20(18)30-3/h5-13H,4,14H2,1-3H3,(H,24,27). The van der Waals surface area contributed by atoms with Crippen molar-refractivity contribution in [3.63, 3.8) is 0 Å². The third-order valence-electron chi connectivity index (χ3n) is 4.35. The Morgan fingerprint density at radius 1 is 0.969 bits per heavy atom. The second-order valence-electron chi connectivity index (χ2n) is 6.46. The van der Waals surface area contributed by atoms with Crippen LogP contribution in [-0.4, -0.2) is 48.7 Å². The molecule has 1 heterocycles. The monoisotopic (exact) mass is 453 g/mol. The number of rotatable bonds is 9. The zero-order valence-corrected chi connectivity index (χ0v) is 18.8. The third-order valence-corrected chi connectivity index (χ3v) is 5.27. The average molecular weight is 454 g/mol. The highest BCUT2D eigenvalue weighted by molar-refractivity contribution is 7.99. The molecule has 1 amide bonds. The van der Waals surface area contributed by atoms with Crippen LogP contribution >= 0.6 is 11.8 Å². The molecule has 0 aliphatic carbocycles. The van der Waals surface area contributed by atoms with Gasteiger partial charge in [-0.05, 0) is 61.5 Å². The van der Waals surface area contributed by atoms with Crippen molar-refractivity contribution in [3.05, 3.63) is 60.2 Å². The molecule has 0 unspecified atom stereocenters. The molecule has 8 nitrogen and oxygen atoms in total. The van der Waals surface area contributed by atoms with Crippen molar-refractivity contribution in [1.82, 2.24) is 10.2 Å². The Kier molecular flexibility index (Phi) is 8.04. The lowest BCUT2D eigenvalue weighted by atomic mass is 10.1. The molecule has 0 fully saturated rings. The summed E-state index contributed by atoms with van der Waals surface area (Å²) in [6.45, 7) is 2.06. The second kappa shape index (κ2) is 11.1. The molecule has 3 rings (SSSR count). The van der Waals surface area contributed by atoms with E-state index in [-0.39, 0.29) is 11.7 Å². The Morgan fingerprint density at radius 2 is 1.75 bits per heavy atom. The minimum atomic E-state index is -0.394. The molecular weight excluding hydrogens is 430 g/mol. The largest absolute Gasteiger partial charge is 0.497 e. The van der Waals surface area contributed by atoms with Gasteiger partial charge in [0.25, 0.3) is 0 Å². The Balaban J connectivity index is 1.57. The van der Waals surface area contributed by atoms with Crippen molar-refractivity contribution in [2.24, 2.45) is 0 Å². The first kappa shape index (κ1) is 23.1. The lowest BCUT2D eigenvalue weighted by molar-refractivity contribution is -0.113. The van der Waals surface area contributed by atoms with Gasteiger partial charge in [0.15, 0.2) is 0 Å². The first-order valence-electron chi connectivity index (χ1n) is 9.80. The van der Waals surface area contributed by atoms with Gasteiger partial charge in [-0.3, -0.25) is 4.79 Å². The van der Waals surface area contributed by atoms with Gasteiger partial charge in [0, 0.05) is 11.3 Å². The van der Waals surface area contributed by atoms with Gasteiger partial charge in [0.1, 0.15) is 16.5 Å². The summed E-state index contributed by atoms with van der Waals surface area (Å²) in [5.74, 6) is 0.923. The van der Waals surface area contributed by atoms with Gasteiger partial charge in [0.2, 0.25) is 5.91 Å². The van der Waals surface area contributed by atoms with Crippen LogP contribution in [0.3, 0.4) is 0 Å². The van der Waals surface area contributed by atoms with Gasteiger partial charge in [-0.25, -0.2) is 4.79 Å². The van der Waals surface area contributed by atoms with E-state index in [0.717, 1.165) is 5.56 Å². The molecule has 0 radical (unpaired) electrons. The van der Waals surface area contributed by atoms with E-state index in [1.807, 2.05) is 24.3 Å². The molecule has 2 aromatic carbocycles. The quantitative estimate of drug-likeness (QED) is 0.382. The van der Waals surface area contributed by atoms with Gasteiger partial charge < -0.3 is 19.5 Å². The van der Waals surface area contributed by atoms with Crippen molar-refractivity contribution in [2.75, 3.05) is 31.9 Å². The number of aromatic nitrogens is 2. The van der Waals surface area contributed by atoms with Crippen LogP contribution in [0.2, 0.25) is 0 Å². The number of nitrogens with one attached hydrogen (secondary N) is 1. The molecule has 0 aliphatic heterocycles. The molecule has 0 spiro atoms. The Bertz CT molecular complexity index is 1070. The van der Waals surface area contributed by atoms with Crippen molar-refractivity contribution < 1.29 is 23.8 Å². The Labute approximate surface area is 190 Å². The molecule has 0 aliphatic rings. The summed E-state index contributed by atoms with van der Waals surface area (Å²) in [4.78, 5) is 23.9. The van der Waals surface area contributed by atoms with Crippen molar-refractivity contribution in [2.45, 2.75) is 11.9 Å². The van der Waals surface area contributed by atoms with E-state index in [1.54, 1.807) is 51.5 Å². The SMILES string of the molecule is CCOC(=O)c1ccc(NC(=O)CSc2ccc(-c3cc(OC)ccc3OC)nn2)cc1. The maximum atomic E-state index is 12.2. The summed E-state index contributed by atoms with van der Waals surface area (Å²) < 4.78 is 15.6. The average Bonchev–Trinajstić information content (AvgIpc) is 2.83. The third kappa shape index (κ3) is 5.98. The van der Waals surface area contributed by atoms with E-state index >= 15 is 0 Å². The van der Waals surface area contributed by atoms with Crippen LogP contribution in [0.15, 0.2) is 59.6 Å². The fourth-order valence-electron chi connectivity index (χ4n) is 2.80. The van der Waals surface area contributed by atoms with Crippen LogP contribution in [0.4, 0.5) is 5.69 Å². The number of hydrogen-bond donors (Lipinski definition) is 1. The first-order chi connectivity index (χ1) is 15.5. The second-order valence-corrected chi connectivity index (χ2v) is 7.45. The molecule has 9 heteroatoms. The Morgan fingerprint density at radius 3 is 2.38 bits per heavy atom. The van der Waals surface area contributed by atoms with Crippen LogP contribution in [0.25, 0.3) is 11.3 Å². The topological polar surface area (TPSA) is 99.6 Å². The van der Waals surface area contributed by atoms with Crippen LogP contribution in [0.1, 0.15) is 17.3 Å². The number of benzene rings is 2. The van der Waals surface area contributed by atoms with E-state index in [2.05, 4.69) is 15.5 Å². The van der Waals surface area contributed by atoms with Gasteiger partial charge in [0.05, 0.1) is 37.8 Å². The summed E-state index contributed by atoms with van der Waals surface area (Å²) in [6, 6.07) is 15.6. The van der Waals surface area contributed by atoms with E-state index < -0.39 is 5.97 Å². The summed E-state index contributed by atoms with van der Waals surface area (Å²) in [5.41, 5.74) is 2.42. The summed E-state index contributed by atoms with van der Waals surface area (Å²) in [5, 5.41) is 11.9. The lowest BCUT2D eigenvalue weighted by Gasteiger charge is -2.10. The van der Waals surface area contributed by atoms with Gasteiger partial charge in [-0.15, -0.1) is 10.2 Å². The van der Waals surface area contributed by atoms with Crippen LogP contribution in [0.5, 0.6) is 11.5 Å². The normalized spacial score (nSPS) is 10.3. The summed E-state index contributed by atoms with van der Waals surface area (Å²) >= 11 is 1.27. The molecule has 3 aromatic rings. The zero-order chi connectivity index (χ0) is 22.9. The number of anilines is 1. The molecule has 0 bridgehead atoms. The number of nitrogens with zero attached hydrogens (tertiary/aromatic N) is 2. The van der Waals surface area contributed by atoms with E-state index in [4.69, 9.17) is 14.2 Å². The van der Waals surface area contributed by atoms with Gasteiger partial charge in [-0.1, -0.05) is 11.8 Å². The number of methoxy groups -OCH3 is 2. The zero-order valence-electron chi connectivity index (χ0n) is 18.0. The predicted molar refractivity (Wildman–Crippen MR) is 122 cm³/mol. The summed E-state index contributed by atoms with van der Waals surface area (Å²) in [7, 11) is 3.18. The first-order valence-corrected chi connectivity index (χ1v) is 10.8. The molecule has 32 heavy (non-hydrogen) atoms. The van der Waals surface area contributed by atoms with E-state index in [0.29, 0.717) is 40.1 Å². The number of amides is 1. The summed E-state index contributed by atoms with van der Waals surface area (Å²) in [6.07, 6.45) is 0. The van der Waals surface area contributed by atoms with Crippen LogP contribution in [0, 0.1) is 0 Å². The highest BCUT2D eigenvalue weighted by atomic mass is 32.2. The minimum absolute atomic E-state index is 0.163. The molecule has 0 saturated heterocycles. The van der Waals surface area contributed by atoms with Crippen molar-refractivity contribution in [3.8, 4) is 22.8 Å². The van der Waals surface area contributed by atoms with Crippen molar-refractivity contribution >= 4 is 29.3 Å². The van der Waals surface area contributed by atoms with Gasteiger partial charge >= 0.3 is 5.97 Å². The maximum Gasteiger partial charge on any atom is 0.338 e. The molecule has 1 aromatic heterocycles. The molecular formula is C23H23N3O5S. The van der Waals surface area contributed by atoms with Crippen LogP contribution in [-0.2, 0) is 9.53 Å². The maximum absolute atomic E-state index is 12.2.